The lowest BCUT2D eigenvalue weighted by Gasteiger charge is -2.14. The van der Waals surface area contributed by atoms with Crippen molar-refractivity contribution in [3.05, 3.63) is 16.7 Å². The Hall–Kier alpha value is -1.74. The van der Waals surface area contributed by atoms with Gasteiger partial charge in [0.15, 0.2) is 17.0 Å². The summed E-state index contributed by atoms with van der Waals surface area (Å²) in [6.07, 6.45) is 1.39. The van der Waals surface area contributed by atoms with Crippen LogP contribution in [0.2, 0.25) is 0 Å². The van der Waals surface area contributed by atoms with Crippen LogP contribution in [-0.2, 0) is 15.8 Å². The summed E-state index contributed by atoms with van der Waals surface area (Å²) in [5.41, 5.74) is 5.43. The molecule has 0 fully saturated rings. The quantitative estimate of drug-likeness (QED) is 0.525. The van der Waals surface area contributed by atoms with Crippen LogP contribution in [0.1, 0.15) is 6.92 Å². The second-order valence-corrected chi connectivity index (χ2v) is 6.03. The molecule has 10 nitrogen and oxygen atoms in total. The zero-order valence-corrected chi connectivity index (χ0v) is 11.4. The summed E-state index contributed by atoms with van der Waals surface area (Å²) in [6, 6.07) is 0. The first-order chi connectivity index (χ1) is 9.29. The number of nitrogens with two attached hydrogens (primary N) is 1. The Morgan fingerprint density at radius 3 is 2.95 bits per heavy atom. The second-order valence-electron chi connectivity index (χ2n) is 4.12. The largest absolute Gasteiger partial charge is 0.369 e. The Morgan fingerprint density at radius 2 is 2.30 bits per heavy atom. The van der Waals surface area contributed by atoms with Gasteiger partial charge in [-0.15, -0.1) is 0 Å². The number of ether oxygens (including phenoxy) is 1. The number of aromatic nitrogens is 4. The molecule has 0 bridgehead atoms. The van der Waals surface area contributed by atoms with E-state index in [1.54, 1.807) is 0 Å². The molecule has 5 N–H and O–H groups in total. The zero-order valence-electron chi connectivity index (χ0n) is 10.6. The predicted octanol–water partition coefficient (Wildman–Crippen LogP) is -0.758. The molecule has 0 unspecified atom stereocenters. The van der Waals surface area contributed by atoms with Gasteiger partial charge in [-0.2, -0.15) is 4.98 Å². The number of nitrogens with zero attached hydrogens (tertiary/aromatic N) is 3. The highest BCUT2D eigenvalue weighted by atomic mass is 31.2. The van der Waals surface area contributed by atoms with Crippen molar-refractivity contribution in [1.29, 1.82) is 0 Å². The fourth-order valence-corrected chi connectivity index (χ4v) is 1.85. The summed E-state index contributed by atoms with van der Waals surface area (Å²) in [4.78, 5) is 39.5. The van der Waals surface area contributed by atoms with Crippen LogP contribution in [0.15, 0.2) is 11.1 Å². The van der Waals surface area contributed by atoms with Crippen molar-refractivity contribution in [2.24, 2.45) is 0 Å². The van der Waals surface area contributed by atoms with Crippen molar-refractivity contribution >= 4 is 24.7 Å². The minimum Gasteiger partial charge on any atom is -0.369 e. The molecule has 0 radical (unpaired) electrons. The van der Waals surface area contributed by atoms with Crippen LogP contribution in [0.25, 0.3) is 11.2 Å². The first kappa shape index (κ1) is 14.7. The Morgan fingerprint density at radius 1 is 1.60 bits per heavy atom. The maximum atomic E-state index is 11.5. The maximum Gasteiger partial charge on any atom is 0.353 e. The van der Waals surface area contributed by atoms with Gasteiger partial charge in [0.05, 0.1) is 12.9 Å². The monoisotopic (exact) mass is 303 g/mol. The Labute approximate surface area is 112 Å². The third kappa shape index (κ3) is 3.05. The van der Waals surface area contributed by atoms with Gasteiger partial charge in [-0.1, -0.05) is 0 Å². The number of nitrogens with one attached hydrogen (secondary N) is 1. The molecule has 20 heavy (non-hydrogen) atoms. The SMILES string of the molecule is C[C@H](OCCn1cnc2c(=O)[nH]c(N)nc21)P(=O)(O)O. The fourth-order valence-electron chi connectivity index (χ4n) is 1.55. The third-order valence-corrected chi connectivity index (χ3v) is 3.75. The van der Waals surface area contributed by atoms with Gasteiger partial charge in [-0.25, -0.2) is 4.98 Å². The first-order valence-corrected chi connectivity index (χ1v) is 7.34. The number of hydrogen-bond donors (Lipinski definition) is 4. The van der Waals surface area contributed by atoms with Crippen molar-refractivity contribution in [3.8, 4) is 0 Å². The van der Waals surface area contributed by atoms with Crippen LogP contribution in [0.5, 0.6) is 0 Å². The summed E-state index contributed by atoms with van der Waals surface area (Å²) in [5.74, 6) is -1.23. The average Bonchev–Trinajstić information content (AvgIpc) is 2.71. The van der Waals surface area contributed by atoms with Crippen molar-refractivity contribution < 1.29 is 19.1 Å². The number of anilines is 1. The molecule has 110 valence electrons. The van der Waals surface area contributed by atoms with Crippen LogP contribution in [0.3, 0.4) is 0 Å². The van der Waals surface area contributed by atoms with Gasteiger partial charge in [-0.3, -0.25) is 14.3 Å². The normalized spacial score (nSPS) is 13.8. The highest BCUT2D eigenvalue weighted by Crippen LogP contribution is 2.41. The standard InChI is InChI=1S/C9H14N5O5P/c1-5(20(16,17)18)19-3-2-14-4-11-6-7(14)12-9(10)13-8(6)15/h4-5H,2-3H2,1H3,(H2,16,17,18)(H3,10,12,13,15)/t5-/m1/s1. The molecule has 11 heteroatoms. The smallest absolute Gasteiger partial charge is 0.353 e. The Kier molecular flexibility index (Phi) is 3.91. The molecule has 2 heterocycles. The Bertz CT molecular complexity index is 719. The number of imidazole rings is 1. The molecule has 0 saturated heterocycles. The molecule has 0 saturated carbocycles. The van der Waals surface area contributed by atoms with Gasteiger partial charge in [0.25, 0.3) is 5.56 Å². The van der Waals surface area contributed by atoms with Gasteiger partial charge >= 0.3 is 7.60 Å². The number of nitrogen functional groups attached to an aromatic ring is 1. The highest BCUT2D eigenvalue weighted by molar-refractivity contribution is 7.52. The molecule has 2 aromatic rings. The number of aromatic amines is 1. The number of rotatable bonds is 5. The highest BCUT2D eigenvalue weighted by Gasteiger charge is 2.24. The van der Waals surface area contributed by atoms with E-state index in [0.29, 0.717) is 5.65 Å². The molecular weight excluding hydrogens is 289 g/mol. The molecule has 0 amide bonds. The van der Waals surface area contributed by atoms with Gasteiger partial charge < -0.3 is 24.8 Å². The minimum absolute atomic E-state index is 0.0336. The van der Waals surface area contributed by atoms with Gasteiger partial charge in [0, 0.05) is 6.54 Å². The van der Waals surface area contributed by atoms with E-state index >= 15 is 0 Å². The molecule has 1 atom stereocenters. The van der Waals surface area contributed by atoms with E-state index in [0.717, 1.165) is 0 Å². The summed E-state index contributed by atoms with van der Waals surface area (Å²) >= 11 is 0. The molecule has 2 rings (SSSR count). The van der Waals surface area contributed by atoms with E-state index in [9.17, 15) is 9.36 Å². The summed E-state index contributed by atoms with van der Waals surface area (Å²) in [6.45, 7) is 1.55. The van der Waals surface area contributed by atoms with E-state index in [-0.39, 0.29) is 24.6 Å². The van der Waals surface area contributed by atoms with E-state index in [1.165, 1.54) is 17.8 Å². The Balaban J connectivity index is 2.12. The van der Waals surface area contributed by atoms with E-state index in [1.807, 2.05) is 0 Å². The lowest BCUT2D eigenvalue weighted by molar-refractivity contribution is 0.0911. The van der Waals surface area contributed by atoms with E-state index < -0.39 is 19.0 Å². The molecule has 0 aromatic carbocycles. The zero-order chi connectivity index (χ0) is 14.9. The molecule has 0 aliphatic heterocycles. The second kappa shape index (κ2) is 5.33. The van der Waals surface area contributed by atoms with Gasteiger partial charge in [0.2, 0.25) is 5.95 Å². The van der Waals surface area contributed by atoms with Crippen LogP contribution in [-0.4, -0.2) is 41.8 Å². The third-order valence-electron chi connectivity index (χ3n) is 2.66. The van der Waals surface area contributed by atoms with Crippen molar-refractivity contribution in [1.82, 2.24) is 19.5 Å². The fraction of sp³-hybridized carbons (Fsp3) is 0.444. The molecule has 0 aliphatic carbocycles. The maximum absolute atomic E-state index is 11.5. The molecular formula is C9H14N5O5P. The summed E-state index contributed by atoms with van der Waals surface area (Å²) < 4.78 is 17.5. The molecule has 2 aromatic heterocycles. The molecule has 0 aliphatic rings. The first-order valence-electron chi connectivity index (χ1n) is 5.66. The van der Waals surface area contributed by atoms with Crippen molar-refractivity contribution in [2.45, 2.75) is 19.3 Å². The lowest BCUT2D eigenvalue weighted by Crippen LogP contribution is -2.15. The number of hydrogen-bond acceptors (Lipinski definition) is 6. The predicted molar refractivity (Wildman–Crippen MR) is 70.0 cm³/mol. The summed E-state index contributed by atoms with van der Waals surface area (Å²) in [7, 11) is -4.26. The van der Waals surface area contributed by atoms with Crippen LogP contribution in [0.4, 0.5) is 5.95 Å². The van der Waals surface area contributed by atoms with Gasteiger partial charge in [0.1, 0.15) is 0 Å². The van der Waals surface area contributed by atoms with Crippen molar-refractivity contribution in [2.75, 3.05) is 12.3 Å². The van der Waals surface area contributed by atoms with Gasteiger partial charge in [-0.05, 0) is 6.92 Å². The topological polar surface area (TPSA) is 156 Å². The average molecular weight is 303 g/mol. The van der Waals surface area contributed by atoms with Crippen LogP contribution in [0, 0.1) is 0 Å². The lowest BCUT2D eigenvalue weighted by atomic mass is 10.5. The number of fused-ring (bicyclic) bond motifs is 1. The van der Waals surface area contributed by atoms with Crippen molar-refractivity contribution in [3.63, 3.8) is 0 Å². The van der Waals surface area contributed by atoms with E-state index in [4.69, 9.17) is 20.3 Å². The summed E-state index contributed by atoms with van der Waals surface area (Å²) in [5, 5.41) is 0. The number of H-pyrrole nitrogens is 1. The van der Waals surface area contributed by atoms with E-state index in [2.05, 4.69) is 15.0 Å². The van der Waals surface area contributed by atoms with Crippen LogP contribution < -0.4 is 11.3 Å². The minimum atomic E-state index is -4.26. The molecule has 0 spiro atoms. The van der Waals surface area contributed by atoms with Crippen LogP contribution >= 0.6 is 7.60 Å².